The van der Waals surface area contributed by atoms with Crippen LogP contribution in [0.3, 0.4) is 0 Å². The average molecular weight is 678 g/mol. The van der Waals surface area contributed by atoms with Crippen molar-refractivity contribution in [3.8, 4) is 22.3 Å². The molecule has 1 aliphatic heterocycles. The molecule has 256 valence electrons. The second kappa shape index (κ2) is 13.8. The van der Waals surface area contributed by atoms with E-state index in [1.807, 2.05) is 55.5 Å². The zero-order valence-corrected chi connectivity index (χ0v) is 30.7. The maximum absolute atomic E-state index is 13.1. The molecule has 1 atom stereocenters. The van der Waals surface area contributed by atoms with Crippen LogP contribution in [0.2, 0.25) is 18.1 Å². The lowest BCUT2D eigenvalue weighted by atomic mass is 9.92. The minimum absolute atomic E-state index is 0.168. The molecular formula is C40H47N3O5Si. The first-order valence-corrected chi connectivity index (χ1v) is 20.1. The van der Waals surface area contributed by atoms with Crippen LogP contribution in [0.15, 0.2) is 72.9 Å². The van der Waals surface area contributed by atoms with Gasteiger partial charge in [0.25, 0.3) is 0 Å². The third-order valence-corrected chi connectivity index (χ3v) is 14.8. The number of fused-ring (bicyclic) bond motifs is 3. The summed E-state index contributed by atoms with van der Waals surface area (Å²) in [6.07, 6.45) is 3.04. The van der Waals surface area contributed by atoms with Gasteiger partial charge in [0, 0.05) is 42.6 Å². The first kappa shape index (κ1) is 34.4. The first-order chi connectivity index (χ1) is 23.4. The van der Waals surface area contributed by atoms with Gasteiger partial charge in [-0.15, -0.1) is 0 Å². The van der Waals surface area contributed by atoms with Crippen LogP contribution in [0.4, 0.5) is 16.2 Å². The Bertz CT molecular complexity index is 1870. The Hall–Kier alpha value is -4.47. The van der Waals surface area contributed by atoms with Crippen LogP contribution >= 0.6 is 0 Å². The summed E-state index contributed by atoms with van der Waals surface area (Å²) in [7, 11) is -1.87. The van der Waals surface area contributed by atoms with E-state index in [1.54, 1.807) is 13.1 Å². The fourth-order valence-electron chi connectivity index (χ4n) is 6.55. The van der Waals surface area contributed by atoms with E-state index in [0.717, 1.165) is 69.7 Å². The van der Waals surface area contributed by atoms with Crippen LogP contribution in [0.25, 0.3) is 22.3 Å². The maximum Gasteiger partial charge on any atom is 0.411 e. The Kier molecular flexibility index (Phi) is 9.69. The summed E-state index contributed by atoms with van der Waals surface area (Å²) in [5, 5.41) is 3.09. The summed E-state index contributed by atoms with van der Waals surface area (Å²) >= 11 is 0. The molecule has 0 saturated carbocycles. The van der Waals surface area contributed by atoms with E-state index in [1.165, 1.54) is 0 Å². The van der Waals surface area contributed by atoms with Gasteiger partial charge in [0.2, 0.25) is 0 Å². The quantitative estimate of drug-likeness (QED) is 0.123. The minimum Gasteiger partial charge on any atom is -0.461 e. The lowest BCUT2D eigenvalue weighted by Crippen LogP contribution is -2.44. The summed E-state index contributed by atoms with van der Waals surface area (Å²) in [4.78, 5) is 33.0. The fourth-order valence-corrected chi connectivity index (χ4v) is 7.93. The van der Waals surface area contributed by atoms with Crippen molar-refractivity contribution < 1.29 is 23.5 Å². The Balaban J connectivity index is 1.29. The van der Waals surface area contributed by atoms with Crippen molar-refractivity contribution >= 4 is 31.8 Å². The largest absolute Gasteiger partial charge is 0.461 e. The standard InChI is InChI=1S/C40H47N3O5Si/c1-8-46-38(44)37-33-22-28-21-29(43-20-19-30(24-43)48-49(6,7)40(3,4)5)17-18-32(28)36(33)34(23-41-37)31-15-12-16-35(26(31)2)42-39(45)47-25-27-13-10-9-11-14-27/h9-18,21,23,30H,8,19-20,22,24-25H2,1-7H3,(H,42,45). The highest BCUT2D eigenvalue weighted by molar-refractivity contribution is 6.74. The Labute approximate surface area is 290 Å². The number of anilines is 2. The summed E-state index contributed by atoms with van der Waals surface area (Å²) in [5.74, 6) is -0.420. The molecule has 1 amide bonds. The maximum atomic E-state index is 13.1. The predicted molar refractivity (Wildman–Crippen MR) is 198 cm³/mol. The van der Waals surface area contributed by atoms with Gasteiger partial charge >= 0.3 is 12.1 Å². The van der Waals surface area contributed by atoms with E-state index in [9.17, 15) is 9.59 Å². The second-order valence-electron chi connectivity index (χ2n) is 14.5. The van der Waals surface area contributed by atoms with E-state index >= 15 is 0 Å². The topological polar surface area (TPSA) is 90.0 Å². The van der Waals surface area contributed by atoms with Gasteiger partial charge in [0.05, 0.1) is 12.7 Å². The predicted octanol–water partition coefficient (Wildman–Crippen LogP) is 9.15. The highest BCUT2D eigenvalue weighted by atomic mass is 28.4. The number of carbonyl (C=O) groups excluding carboxylic acids is 2. The van der Waals surface area contributed by atoms with Crippen molar-refractivity contribution in [2.24, 2.45) is 0 Å². The molecule has 49 heavy (non-hydrogen) atoms. The smallest absolute Gasteiger partial charge is 0.411 e. The number of pyridine rings is 1. The van der Waals surface area contributed by atoms with Gasteiger partial charge in [0.15, 0.2) is 14.0 Å². The Morgan fingerprint density at radius 2 is 1.76 bits per heavy atom. The van der Waals surface area contributed by atoms with Crippen LogP contribution in [-0.2, 0) is 26.9 Å². The van der Waals surface area contributed by atoms with E-state index in [4.69, 9.17) is 13.9 Å². The highest BCUT2D eigenvalue weighted by Crippen LogP contribution is 2.47. The molecular weight excluding hydrogens is 631 g/mol. The number of hydrogen-bond acceptors (Lipinski definition) is 7. The van der Waals surface area contributed by atoms with Crippen molar-refractivity contribution in [2.75, 3.05) is 29.9 Å². The number of aromatic nitrogens is 1. The molecule has 0 spiro atoms. The van der Waals surface area contributed by atoms with Crippen LogP contribution in [0.5, 0.6) is 0 Å². The van der Waals surface area contributed by atoms with Gasteiger partial charge in [-0.3, -0.25) is 5.32 Å². The molecule has 3 aromatic carbocycles. The minimum atomic E-state index is -1.87. The molecule has 2 aliphatic rings. The van der Waals surface area contributed by atoms with Crippen molar-refractivity contribution in [3.05, 3.63) is 101 Å². The van der Waals surface area contributed by atoms with E-state index in [-0.39, 0.29) is 24.4 Å². The van der Waals surface area contributed by atoms with Crippen LogP contribution in [-0.4, -0.2) is 51.2 Å². The van der Waals surface area contributed by atoms with Crippen molar-refractivity contribution in [1.82, 2.24) is 4.98 Å². The molecule has 2 heterocycles. The number of hydrogen-bond donors (Lipinski definition) is 1. The average Bonchev–Trinajstić information content (AvgIpc) is 3.69. The SMILES string of the molecule is CCOC(=O)c1ncc(-c2cccc(NC(=O)OCc3ccccc3)c2C)c2c1Cc1cc(N3CCC(O[Si](C)(C)C(C)(C)C)C3)ccc1-2. The molecule has 1 aliphatic carbocycles. The lowest BCUT2D eigenvalue weighted by molar-refractivity contribution is 0.0518. The number of rotatable bonds is 9. The molecule has 9 heteroatoms. The van der Waals surface area contributed by atoms with Gasteiger partial charge in [-0.25, -0.2) is 14.6 Å². The number of amides is 1. The van der Waals surface area contributed by atoms with Crippen molar-refractivity contribution in [2.45, 2.75) is 78.3 Å². The lowest BCUT2D eigenvalue weighted by Gasteiger charge is -2.38. The molecule has 1 N–H and O–H groups in total. The first-order valence-electron chi connectivity index (χ1n) is 17.2. The molecule has 0 bridgehead atoms. The molecule has 4 aromatic rings. The molecule has 1 aromatic heterocycles. The zero-order valence-electron chi connectivity index (χ0n) is 29.7. The number of nitrogens with zero attached hydrogens (tertiary/aromatic N) is 2. The van der Waals surface area contributed by atoms with Crippen LogP contribution < -0.4 is 10.2 Å². The van der Waals surface area contributed by atoms with E-state index < -0.39 is 20.4 Å². The molecule has 0 radical (unpaired) electrons. The number of nitrogens with one attached hydrogen (secondary N) is 1. The summed E-state index contributed by atoms with van der Waals surface area (Å²) in [6.45, 7) is 17.5. The summed E-state index contributed by atoms with van der Waals surface area (Å²) < 4.78 is 17.7. The van der Waals surface area contributed by atoms with E-state index in [0.29, 0.717) is 17.8 Å². The number of esters is 1. The number of ether oxygens (including phenoxy) is 2. The van der Waals surface area contributed by atoms with Gasteiger partial charge in [0.1, 0.15) is 6.61 Å². The van der Waals surface area contributed by atoms with Gasteiger partial charge in [-0.2, -0.15) is 0 Å². The normalized spacial score (nSPS) is 15.5. The monoisotopic (exact) mass is 677 g/mol. The molecule has 6 rings (SSSR count). The third kappa shape index (κ3) is 7.14. The molecule has 1 unspecified atom stereocenters. The van der Waals surface area contributed by atoms with Crippen molar-refractivity contribution in [3.63, 3.8) is 0 Å². The van der Waals surface area contributed by atoms with Crippen molar-refractivity contribution in [1.29, 1.82) is 0 Å². The Morgan fingerprint density at radius 3 is 2.49 bits per heavy atom. The van der Waals surface area contributed by atoms with Crippen LogP contribution in [0.1, 0.15) is 66.9 Å². The third-order valence-electron chi connectivity index (χ3n) is 10.2. The molecule has 1 fully saturated rings. The zero-order chi connectivity index (χ0) is 34.9. The molecule has 1 saturated heterocycles. The van der Waals surface area contributed by atoms with Crippen LogP contribution in [0, 0.1) is 6.92 Å². The summed E-state index contributed by atoms with van der Waals surface area (Å²) in [5.41, 5.74) is 9.84. The molecule has 8 nitrogen and oxygen atoms in total. The summed E-state index contributed by atoms with van der Waals surface area (Å²) in [6, 6.07) is 22.0. The highest BCUT2D eigenvalue weighted by Gasteiger charge is 2.40. The Morgan fingerprint density at radius 1 is 0.980 bits per heavy atom. The number of benzene rings is 3. The van der Waals surface area contributed by atoms with Gasteiger partial charge < -0.3 is 18.8 Å². The fraction of sp³-hybridized carbons (Fsp3) is 0.375. The van der Waals surface area contributed by atoms with Gasteiger partial charge in [-0.05, 0) is 95.5 Å². The second-order valence-corrected chi connectivity index (χ2v) is 19.3. The van der Waals surface area contributed by atoms with Gasteiger partial charge in [-0.1, -0.05) is 69.3 Å². The van der Waals surface area contributed by atoms with E-state index in [2.05, 4.69) is 67.3 Å². The number of carbonyl (C=O) groups is 2.